The smallest absolute Gasteiger partial charge is 0.141 e. The summed E-state index contributed by atoms with van der Waals surface area (Å²) in [4.78, 5) is 5.32. The zero-order valence-electron chi connectivity index (χ0n) is 9.56. The quantitative estimate of drug-likeness (QED) is 0.763. The molecule has 2 nitrogen and oxygen atoms in total. The minimum Gasteiger partial charge on any atom is -0.326 e. The van der Waals surface area contributed by atoms with Crippen molar-refractivity contribution in [1.82, 2.24) is 4.98 Å². The Balaban J connectivity index is 2.10. The number of hydrogen-bond acceptors (Lipinski definition) is 3. The van der Waals surface area contributed by atoms with E-state index in [1.165, 1.54) is 17.4 Å². The molecule has 0 amide bonds. The first kappa shape index (κ1) is 11.3. The van der Waals surface area contributed by atoms with Crippen LogP contribution in [0.25, 0.3) is 20.7 Å². The first-order valence-electron chi connectivity index (χ1n) is 5.61. The van der Waals surface area contributed by atoms with Gasteiger partial charge in [-0.05, 0) is 29.1 Å². The van der Waals surface area contributed by atoms with Crippen molar-refractivity contribution < 1.29 is 4.39 Å². The highest BCUT2D eigenvalue weighted by atomic mass is 32.1. The molecule has 0 saturated carbocycles. The summed E-state index contributed by atoms with van der Waals surface area (Å²) in [5, 5.41) is 0.916. The predicted octanol–water partition coefficient (Wildman–Crippen LogP) is 3.56. The van der Waals surface area contributed by atoms with Gasteiger partial charge in [0.05, 0.1) is 15.3 Å². The fourth-order valence-corrected chi connectivity index (χ4v) is 2.89. The lowest BCUT2D eigenvalue weighted by Crippen LogP contribution is -1.96. The van der Waals surface area contributed by atoms with Crippen LogP contribution in [0.2, 0.25) is 0 Å². The predicted molar refractivity (Wildman–Crippen MR) is 72.9 cm³/mol. The van der Waals surface area contributed by atoms with Crippen molar-refractivity contribution in [2.24, 2.45) is 5.73 Å². The molecule has 0 fully saturated rings. The summed E-state index contributed by atoms with van der Waals surface area (Å²) in [6.45, 7) is 0.480. The van der Waals surface area contributed by atoms with E-state index in [0.717, 1.165) is 21.5 Å². The number of pyridine rings is 1. The highest BCUT2D eigenvalue weighted by Crippen LogP contribution is 2.33. The van der Waals surface area contributed by atoms with Crippen LogP contribution in [0.4, 0.5) is 4.39 Å². The zero-order chi connectivity index (χ0) is 12.5. The number of nitrogens with zero attached hydrogens (tertiary/aromatic N) is 1. The van der Waals surface area contributed by atoms with Crippen LogP contribution >= 0.6 is 11.3 Å². The van der Waals surface area contributed by atoms with Gasteiger partial charge in [0.2, 0.25) is 0 Å². The van der Waals surface area contributed by atoms with Crippen molar-refractivity contribution in [1.29, 1.82) is 0 Å². The summed E-state index contributed by atoms with van der Waals surface area (Å²) in [5.74, 6) is -0.178. The molecule has 90 valence electrons. The molecule has 0 atom stereocenters. The summed E-state index contributed by atoms with van der Waals surface area (Å²) >= 11 is 1.42. The van der Waals surface area contributed by atoms with E-state index < -0.39 is 0 Å². The lowest BCUT2D eigenvalue weighted by atomic mass is 10.2. The Kier molecular flexibility index (Phi) is 2.81. The van der Waals surface area contributed by atoms with Crippen LogP contribution in [-0.2, 0) is 6.54 Å². The second-order valence-electron chi connectivity index (χ2n) is 4.02. The van der Waals surface area contributed by atoms with E-state index in [4.69, 9.17) is 5.73 Å². The minimum absolute atomic E-state index is 0.178. The fraction of sp³-hybridized carbons (Fsp3) is 0.0714. The SMILES string of the molecule is NCc1ccc(-c2cc3cccc(F)c3s2)nc1. The van der Waals surface area contributed by atoms with Crippen LogP contribution < -0.4 is 5.73 Å². The largest absolute Gasteiger partial charge is 0.326 e. The lowest BCUT2D eigenvalue weighted by molar-refractivity contribution is 0.642. The van der Waals surface area contributed by atoms with E-state index in [0.29, 0.717) is 11.2 Å². The van der Waals surface area contributed by atoms with Crippen LogP contribution in [0.1, 0.15) is 5.56 Å². The Bertz CT molecular complexity index is 689. The van der Waals surface area contributed by atoms with E-state index >= 15 is 0 Å². The molecule has 0 aliphatic heterocycles. The van der Waals surface area contributed by atoms with Gasteiger partial charge in [-0.1, -0.05) is 18.2 Å². The van der Waals surface area contributed by atoms with Crippen LogP contribution in [0.3, 0.4) is 0 Å². The summed E-state index contributed by atoms with van der Waals surface area (Å²) in [5.41, 5.74) is 7.38. The second kappa shape index (κ2) is 4.48. The van der Waals surface area contributed by atoms with Crippen LogP contribution in [0.15, 0.2) is 42.6 Å². The van der Waals surface area contributed by atoms with Crippen molar-refractivity contribution in [3.63, 3.8) is 0 Å². The molecule has 3 rings (SSSR count). The maximum Gasteiger partial charge on any atom is 0.141 e. The standard InChI is InChI=1S/C14H11FN2S/c15-11-3-1-2-10-6-13(18-14(10)11)12-5-4-9(7-16)8-17-12/h1-6,8H,7,16H2. The Labute approximate surface area is 108 Å². The molecule has 3 aromatic rings. The van der Waals surface area contributed by atoms with E-state index in [2.05, 4.69) is 4.98 Å². The first-order valence-corrected chi connectivity index (χ1v) is 6.43. The topological polar surface area (TPSA) is 38.9 Å². The molecule has 4 heteroatoms. The molecule has 0 radical (unpaired) electrons. The molecule has 18 heavy (non-hydrogen) atoms. The summed E-state index contributed by atoms with van der Waals surface area (Å²) in [6.07, 6.45) is 1.76. The van der Waals surface area contributed by atoms with Crippen molar-refractivity contribution >= 4 is 21.4 Å². The van der Waals surface area contributed by atoms with Crippen LogP contribution in [0.5, 0.6) is 0 Å². The Hall–Kier alpha value is -1.78. The number of rotatable bonds is 2. The molecule has 2 N–H and O–H groups in total. The van der Waals surface area contributed by atoms with E-state index in [1.807, 2.05) is 24.3 Å². The van der Waals surface area contributed by atoms with Crippen molar-refractivity contribution in [3.8, 4) is 10.6 Å². The monoisotopic (exact) mass is 258 g/mol. The van der Waals surface area contributed by atoms with E-state index in [1.54, 1.807) is 12.3 Å². The Morgan fingerprint density at radius 3 is 2.78 bits per heavy atom. The van der Waals surface area contributed by atoms with Gasteiger partial charge < -0.3 is 5.73 Å². The number of nitrogens with two attached hydrogens (primary N) is 1. The summed E-state index contributed by atoms with van der Waals surface area (Å²) in [6, 6.07) is 10.9. The number of halogens is 1. The molecule has 0 spiro atoms. The molecule has 0 aliphatic rings. The number of hydrogen-bond donors (Lipinski definition) is 1. The molecule has 0 aliphatic carbocycles. The van der Waals surface area contributed by atoms with E-state index in [-0.39, 0.29) is 5.82 Å². The van der Waals surface area contributed by atoms with Crippen molar-refractivity contribution in [2.75, 3.05) is 0 Å². The molecular weight excluding hydrogens is 247 g/mol. The molecule has 2 aromatic heterocycles. The number of benzene rings is 1. The molecule has 2 heterocycles. The van der Waals surface area contributed by atoms with Gasteiger partial charge in [0.1, 0.15) is 5.82 Å². The third-order valence-corrected chi connectivity index (χ3v) is 3.99. The highest BCUT2D eigenvalue weighted by Gasteiger charge is 2.08. The van der Waals surface area contributed by atoms with Gasteiger partial charge >= 0.3 is 0 Å². The van der Waals surface area contributed by atoms with Gasteiger partial charge in [0, 0.05) is 12.7 Å². The number of thiophene rings is 1. The highest BCUT2D eigenvalue weighted by molar-refractivity contribution is 7.22. The average molecular weight is 258 g/mol. The normalized spacial score (nSPS) is 11.0. The van der Waals surface area contributed by atoms with Gasteiger partial charge in [0.15, 0.2) is 0 Å². The van der Waals surface area contributed by atoms with E-state index in [9.17, 15) is 4.39 Å². The third-order valence-electron chi connectivity index (χ3n) is 2.81. The zero-order valence-corrected chi connectivity index (χ0v) is 10.4. The van der Waals surface area contributed by atoms with Crippen LogP contribution in [-0.4, -0.2) is 4.98 Å². The first-order chi connectivity index (χ1) is 8.78. The maximum atomic E-state index is 13.6. The third kappa shape index (κ3) is 1.89. The maximum absolute atomic E-state index is 13.6. The van der Waals surface area contributed by atoms with Crippen molar-refractivity contribution in [3.05, 3.63) is 54.0 Å². The van der Waals surface area contributed by atoms with Gasteiger partial charge in [-0.25, -0.2) is 4.39 Å². The molecule has 0 saturated heterocycles. The Morgan fingerprint density at radius 1 is 1.22 bits per heavy atom. The average Bonchev–Trinajstić information content (AvgIpc) is 2.84. The fourth-order valence-electron chi connectivity index (χ4n) is 1.84. The minimum atomic E-state index is -0.178. The summed E-state index contributed by atoms with van der Waals surface area (Å²) in [7, 11) is 0. The molecule has 0 bridgehead atoms. The lowest BCUT2D eigenvalue weighted by Gasteiger charge is -1.98. The van der Waals surface area contributed by atoms with Gasteiger partial charge in [-0.15, -0.1) is 11.3 Å². The summed E-state index contributed by atoms with van der Waals surface area (Å²) < 4.78 is 14.3. The van der Waals surface area contributed by atoms with Gasteiger partial charge in [-0.2, -0.15) is 0 Å². The van der Waals surface area contributed by atoms with Gasteiger partial charge in [0.25, 0.3) is 0 Å². The number of aromatic nitrogens is 1. The van der Waals surface area contributed by atoms with Crippen molar-refractivity contribution in [2.45, 2.75) is 6.54 Å². The molecule has 0 unspecified atom stereocenters. The Morgan fingerprint density at radius 2 is 2.11 bits per heavy atom. The molecule has 1 aromatic carbocycles. The van der Waals surface area contributed by atoms with Crippen LogP contribution in [0, 0.1) is 5.82 Å². The molecular formula is C14H11FN2S. The number of fused-ring (bicyclic) bond motifs is 1. The van der Waals surface area contributed by atoms with Gasteiger partial charge in [-0.3, -0.25) is 4.98 Å². The second-order valence-corrected chi connectivity index (χ2v) is 5.08.